The highest BCUT2D eigenvalue weighted by Gasteiger charge is 2.15. The Morgan fingerprint density at radius 2 is 1.72 bits per heavy atom. The van der Waals surface area contributed by atoms with Gasteiger partial charge in [0.1, 0.15) is 18.9 Å². The van der Waals surface area contributed by atoms with Crippen LogP contribution in [0.2, 0.25) is 0 Å². The third kappa shape index (κ3) is 5.21. The van der Waals surface area contributed by atoms with Gasteiger partial charge in [0.05, 0.1) is 37.4 Å². The first-order chi connectivity index (χ1) is 13.7. The third-order valence-corrected chi connectivity index (χ3v) is 5.33. The van der Waals surface area contributed by atoms with Crippen LogP contribution in [-0.2, 0) is 17.7 Å². The van der Waals surface area contributed by atoms with Gasteiger partial charge in [0, 0.05) is 18.2 Å². The Labute approximate surface area is 175 Å². The van der Waals surface area contributed by atoms with Crippen LogP contribution in [0.25, 0.3) is 10.8 Å². The first-order valence-electron chi connectivity index (χ1n) is 9.85. The Bertz CT molecular complexity index is 1000. The van der Waals surface area contributed by atoms with Gasteiger partial charge in [0.15, 0.2) is 0 Å². The largest absolute Gasteiger partial charge is 1.00 e. The van der Waals surface area contributed by atoms with E-state index in [0.29, 0.717) is 18.4 Å². The lowest BCUT2D eigenvalue weighted by Crippen LogP contribution is -3.14. The van der Waals surface area contributed by atoms with Gasteiger partial charge in [0.25, 0.3) is 5.56 Å². The van der Waals surface area contributed by atoms with Crippen molar-refractivity contribution < 1.29 is 26.4 Å². The highest BCUT2D eigenvalue weighted by atomic mass is 35.5. The molecule has 1 saturated heterocycles. The number of hydrogen-bond acceptors (Lipinski definition) is 3. The fourth-order valence-electron chi connectivity index (χ4n) is 3.77. The van der Waals surface area contributed by atoms with E-state index in [1.807, 2.05) is 24.3 Å². The molecular weight excluding hydrogens is 393 g/mol. The number of nitrogens with zero attached hydrogens (tertiary/aromatic N) is 2. The van der Waals surface area contributed by atoms with Gasteiger partial charge in [0.2, 0.25) is 0 Å². The maximum Gasteiger partial charge on any atom is 0.274 e. The lowest BCUT2D eigenvalue weighted by Gasteiger charge is -2.23. The number of morpholine rings is 1. The molecule has 4 rings (SSSR count). The highest BCUT2D eigenvalue weighted by molar-refractivity contribution is 5.83. The predicted molar refractivity (Wildman–Crippen MR) is 106 cm³/mol. The number of aromatic nitrogens is 2. The summed E-state index contributed by atoms with van der Waals surface area (Å²) in [6, 6.07) is 14.0. The van der Waals surface area contributed by atoms with Crippen LogP contribution in [-0.4, -0.2) is 42.6 Å². The molecule has 0 radical (unpaired) electrons. The molecule has 154 valence electrons. The molecule has 0 saturated carbocycles. The van der Waals surface area contributed by atoms with Crippen molar-refractivity contribution in [2.75, 3.05) is 32.8 Å². The summed E-state index contributed by atoms with van der Waals surface area (Å²) in [7, 11) is 0. The lowest BCUT2D eigenvalue weighted by molar-refractivity contribution is -0.908. The van der Waals surface area contributed by atoms with Gasteiger partial charge in [-0.05, 0) is 23.8 Å². The molecule has 1 aromatic heterocycles. The van der Waals surface area contributed by atoms with Crippen LogP contribution in [0.1, 0.15) is 17.7 Å². The molecule has 5 nitrogen and oxygen atoms in total. The van der Waals surface area contributed by atoms with Gasteiger partial charge in [-0.2, -0.15) is 5.10 Å². The minimum atomic E-state index is -0.253. The Kier molecular flexibility index (Phi) is 7.36. The number of quaternary nitrogens is 1. The van der Waals surface area contributed by atoms with E-state index in [-0.39, 0.29) is 23.8 Å². The monoisotopic (exact) mass is 417 g/mol. The molecular formula is C22H25ClFN3O2. The summed E-state index contributed by atoms with van der Waals surface area (Å²) < 4.78 is 20.2. The van der Waals surface area contributed by atoms with Crippen LogP contribution in [0.4, 0.5) is 4.39 Å². The number of hydrogen-bond donors (Lipinski definition) is 1. The number of nitrogens with one attached hydrogen (secondary N) is 1. The number of fused-ring (bicyclic) bond motifs is 1. The molecule has 1 N–H and O–H groups in total. The van der Waals surface area contributed by atoms with Crippen LogP contribution >= 0.6 is 0 Å². The zero-order valence-electron chi connectivity index (χ0n) is 16.2. The smallest absolute Gasteiger partial charge is 0.274 e. The van der Waals surface area contributed by atoms with Crippen LogP contribution in [0, 0.1) is 5.82 Å². The molecule has 0 atom stereocenters. The quantitative estimate of drug-likeness (QED) is 0.527. The van der Waals surface area contributed by atoms with E-state index in [2.05, 4.69) is 5.10 Å². The fraction of sp³-hybridized carbons (Fsp3) is 0.364. The summed E-state index contributed by atoms with van der Waals surface area (Å²) in [6.45, 7) is 5.28. The molecule has 2 heterocycles. The molecule has 3 aromatic rings. The Balaban J connectivity index is 0.00000240. The van der Waals surface area contributed by atoms with Gasteiger partial charge >= 0.3 is 0 Å². The second-order valence-electron chi connectivity index (χ2n) is 7.29. The number of halogens is 2. The molecule has 1 aliphatic rings. The Morgan fingerprint density at radius 1 is 1.03 bits per heavy atom. The van der Waals surface area contributed by atoms with Crippen molar-refractivity contribution >= 4 is 10.8 Å². The van der Waals surface area contributed by atoms with Crippen molar-refractivity contribution in [1.82, 2.24) is 9.78 Å². The van der Waals surface area contributed by atoms with E-state index >= 15 is 0 Å². The highest BCUT2D eigenvalue weighted by Crippen LogP contribution is 2.17. The zero-order valence-corrected chi connectivity index (χ0v) is 17.0. The fourth-order valence-corrected chi connectivity index (χ4v) is 3.77. The minimum absolute atomic E-state index is 0. The molecule has 1 aliphatic heterocycles. The number of aryl methyl sites for hydroxylation is 1. The second-order valence-corrected chi connectivity index (χ2v) is 7.29. The molecule has 0 unspecified atom stereocenters. The van der Waals surface area contributed by atoms with Gasteiger partial charge < -0.3 is 22.0 Å². The van der Waals surface area contributed by atoms with Crippen molar-refractivity contribution in [3.8, 4) is 0 Å². The maximum atomic E-state index is 13.2. The van der Waals surface area contributed by atoms with Crippen LogP contribution in [0.15, 0.2) is 53.3 Å². The molecule has 29 heavy (non-hydrogen) atoms. The van der Waals surface area contributed by atoms with Crippen molar-refractivity contribution in [2.45, 2.75) is 19.4 Å². The summed E-state index contributed by atoms with van der Waals surface area (Å²) in [4.78, 5) is 14.4. The molecule has 0 bridgehead atoms. The lowest BCUT2D eigenvalue weighted by atomic mass is 10.0. The summed E-state index contributed by atoms with van der Waals surface area (Å²) in [6.07, 6.45) is 1.46. The van der Waals surface area contributed by atoms with Crippen LogP contribution < -0.4 is 22.9 Å². The van der Waals surface area contributed by atoms with E-state index in [9.17, 15) is 9.18 Å². The summed E-state index contributed by atoms with van der Waals surface area (Å²) in [5, 5.41) is 6.23. The standard InChI is InChI=1S/C22H24FN3O2.ClH/c23-18-8-6-17(7-9-18)16-21-19-4-1-2-5-20(19)22(27)26(24-21)11-3-10-25-12-14-28-15-13-25;/h1-2,4-9H,3,10-16H2;1H. The van der Waals surface area contributed by atoms with Crippen LogP contribution in [0.5, 0.6) is 0 Å². The Hall–Kier alpha value is -2.28. The van der Waals surface area contributed by atoms with Gasteiger partial charge in [-0.3, -0.25) is 4.79 Å². The number of ether oxygens (including phenoxy) is 1. The molecule has 0 spiro atoms. The SMILES string of the molecule is O=c1c2ccccc2c(Cc2ccc(F)cc2)nn1CCC[NH+]1CCOCC1.[Cl-]. The van der Waals surface area contributed by atoms with E-state index in [1.165, 1.54) is 17.0 Å². The van der Waals surface area contributed by atoms with Crippen LogP contribution in [0.3, 0.4) is 0 Å². The first-order valence-corrected chi connectivity index (χ1v) is 9.85. The summed E-state index contributed by atoms with van der Waals surface area (Å²) >= 11 is 0. The average molecular weight is 418 g/mol. The molecule has 7 heteroatoms. The van der Waals surface area contributed by atoms with Crippen molar-refractivity contribution in [3.05, 3.63) is 76.0 Å². The van der Waals surface area contributed by atoms with E-state index in [4.69, 9.17) is 4.74 Å². The molecule has 0 aliphatic carbocycles. The normalized spacial score (nSPS) is 14.7. The van der Waals surface area contributed by atoms with Gasteiger partial charge in [-0.25, -0.2) is 9.07 Å². The van der Waals surface area contributed by atoms with E-state index < -0.39 is 0 Å². The van der Waals surface area contributed by atoms with E-state index in [1.54, 1.807) is 16.8 Å². The van der Waals surface area contributed by atoms with Crippen molar-refractivity contribution in [2.24, 2.45) is 0 Å². The maximum absolute atomic E-state index is 13.2. The first kappa shape index (κ1) is 21.4. The summed E-state index contributed by atoms with van der Waals surface area (Å²) in [5.41, 5.74) is 1.78. The molecule has 2 aromatic carbocycles. The van der Waals surface area contributed by atoms with Gasteiger partial charge in [-0.1, -0.05) is 30.3 Å². The Morgan fingerprint density at radius 3 is 2.45 bits per heavy atom. The second kappa shape index (κ2) is 9.96. The van der Waals surface area contributed by atoms with E-state index in [0.717, 1.165) is 55.9 Å². The molecule has 0 amide bonds. The molecule has 1 fully saturated rings. The number of rotatable bonds is 6. The average Bonchev–Trinajstić information content (AvgIpc) is 2.73. The zero-order chi connectivity index (χ0) is 19.3. The van der Waals surface area contributed by atoms with Crippen molar-refractivity contribution in [3.63, 3.8) is 0 Å². The van der Waals surface area contributed by atoms with Crippen molar-refractivity contribution in [1.29, 1.82) is 0 Å². The third-order valence-electron chi connectivity index (χ3n) is 5.33. The van der Waals surface area contributed by atoms with Gasteiger partial charge in [-0.15, -0.1) is 0 Å². The predicted octanol–water partition coefficient (Wildman–Crippen LogP) is -1.56. The minimum Gasteiger partial charge on any atom is -1.00 e. The number of benzene rings is 2. The summed E-state index contributed by atoms with van der Waals surface area (Å²) in [5.74, 6) is -0.253. The topological polar surface area (TPSA) is 48.6 Å².